The zero-order chi connectivity index (χ0) is 24.6. The Labute approximate surface area is 213 Å². The van der Waals surface area contributed by atoms with E-state index in [9.17, 15) is 4.79 Å². The van der Waals surface area contributed by atoms with Crippen molar-refractivity contribution in [2.45, 2.75) is 116 Å². The molecule has 0 aliphatic heterocycles. The summed E-state index contributed by atoms with van der Waals surface area (Å²) in [6.45, 7) is 2.76. The quantitative estimate of drug-likeness (QED) is 0.168. The highest BCUT2D eigenvalue weighted by atomic mass is 16.5. The maximum Gasteiger partial charge on any atom is 0.338 e. The summed E-state index contributed by atoms with van der Waals surface area (Å²) in [5, 5.41) is 0. The summed E-state index contributed by atoms with van der Waals surface area (Å²) < 4.78 is 5.47. The van der Waals surface area contributed by atoms with E-state index in [1.807, 2.05) is 36.7 Å². The zero-order valence-electron chi connectivity index (χ0n) is 22.0. The van der Waals surface area contributed by atoms with E-state index in [1.54, 1.807) is 0 Å². The second kappa shape index (κ2) is 16.4. The molecule has 0 saturated heterocycles. The van der Waals surface area contributed by atoms with Gasteiger partial charge in [-0.2, -0.15) is 0 Å². The Kier molecular flexibility index (Phi) is 12.9. The molecule has 4 heteroatoms. The van der Waals surface area contributed by atoms with Gasteiger partial charge in [0.05, 0.1) is 12.2 Å². The minimum absolute atomic E-state index is 0.242. The second-order valence-corrected chi connectivity index (χ2v) is 10.4. The number of rotatable bonds is 17. The van der Waals surface area contributed by atoms with E-state index in [0.717, 1.165) is 30.7 Å². The molecule has 1 saturated carbocycles. The van der Waals surface area contributed by atoms with Crippen LogP contribution in [0.5, 0.6) is 0 Å². The lowest BCUT2D eigenvalue weighted by molar-refractivity contribution is 0.0497. The Morgan fingerprint density at radius 1 is 0.829 bits per heavy atom. The van der Waals surface area contributed by atoms with Crippen LogP contribution in [0.2, 0.25) is 0 Å². The third-order valence-electron chi connectivity index (χ3n) is 7.37. The maximum atomic E-state index is 12.3. The van der Waals surface area contributed by atoms with Gasteiger partial charge in [-0.3, -0.25) is 0 Å². The number of esters is 1. The van der Waals surface area contributed by atoms with Gasteiger partial charge in [0.15, 0.2) is 5.82 Å². The van der Waals surface area contributed by atoms with E-state index < -0.39 is 0 Å². The number of aromatic nitrogens is 2. The highest BCUT2D eigenvalue weighted by Crippen LogP contribution is 2.29. The third-order valence-corrected chi connectivity index (χ3v) is 7.37. The fraction of sp³-hybridized carbons (Fsp3) is 0.645. The predicted molar refractivity (Wildman–Crippen MR) is 144 cm³/mol. The summed E-state index contributed by atoms with van der Waals surface area (Å²) in [6.07, 6.45) is 25.9. The first-order chi connectivity index (χ1) is 17.3. The van der Waals surface area contributed by atoms with Gasteiger partial charge in [-0.1, -0.05) is 109 Å². The molecule has 0 radical (unpaired) electrons. The van der Waals surface area contributed by atoms with E-state index in [4.69, 9.17) is 4.74 Å². The van der Waals surface area contributed by atoms with Gasteiger partial charge >= 0.3 is 5.97 Å². The van der Waals surface area contributed by atoms with Crippen LogP contribution in [-0.4, -0.2) is 22.5 Å². The Hall–Kier alpha value is -2.23. The molecule has 1 aromatic heterocycles. The average Bonchev–Trinajstić information content (AvgIpc) is 3.41. The summed E-state index contributed by atoms with van der Waals surface area (Å²) in [5.74, 6) is 1.44. The number of unbranched alkanes of at least 4 members (excludes halogenated alkanes) is 9. The Balaban J connectivity index is 1.30. The van der Waals surface area contributed by atoms with Gasteiger partial charge in [-0.15, -0.1) is 0 Å². The van der Waals surface area contributed by atoms with Gasteiger partial charge in [-0.25, -0.2) is 14.8 Å². The van der Waals surface area contributed by atoms with Crippen LogP contribution < -0.4 is 0 Å². The van der Waals surface area contributed by atoms with Crippen molar-refractivity contribution in [3.63, 3.8) is 0 Å². The van der Waals surface area contributed by atoms with Crippen LogP contribution in [0.3, 0.4) is 0 Å². The lowest BCUT2D eigenvalue weighted by Crippen LogP contribution is -2.06. The van der Waals surface area contributed by atoms with Gasteiger partial charge in [0.1, 0.15) is 0 Å². The standard InChI is InChI=1S/C31H46N2O2/c1-2-3-4-5-6-7-11-18-27-24-32-30(33-25-27)28-19-21-29(22-20-28)31(34)35-23-14-9-8-10-15-26-16-12-13-17-26/h19-22,24-26H,2-18,23H2,1H3. The number of hydrogen-bond donors (Lipinski definition) is 0. The summed E-state index contributed by atoms with van der Waals surface area (Å²) >= 11 is 0. The summed E-state index contributed by atoms with van der Waals surface area (Å²) in [5.41, 5.74) is 2.71. The molecule has 192 valence electrons. The molecule has 0 atom stereocenters. The molecule has 3 rings (SSSR count). The van der Waals surface area contributed by atoms with Crippen molar-refractivity contribution in [2.75, 3.05) is 6.61 Å². The van der Waals surface area contributed by atoms with Gasteiger partial charge in [0.25, 0.3) is 0 Å². The fourth-order valence-electron chi connectivity index (χ4n) is 5.11. The molecule has 0 N–H and O–H groups in total. The van der Waals surface area contributed by atoms with Crippen molar-refractivity contribution in [3.8, 4) is 11.4 Å². The highest BCUT2D eigenvalue weighted by molar-refractivity contribution is 5.89. The SMILES string of the molecule is CCCCCCCCCc1cnc(-c2ccc(C(=O)OCCCCCCC3CCCC3)cc2)nc1. The number of nitrogens with zero attached hydrogens (tertiary/aromatic N) is 2. The first-order valence-electron chi connectivity index (χ1n) is 14.3. The van der Waals surface area contributed by atoms with Crippen LogP contribution in [-0.2, 0) is 11.2 Å². The first kappa shape index (κ1) is 27.4. The predicted octanol–water partition coefficient (Wildman–Crippen LogP) is 8.73. The van der Waals surface area contributed by atoms with Crippen LogP contribution in [0.4, 0.5) is 0 Å². The van der Waals surface area contributed by atoms with E-state index in [2.05, 4.69) is 16.9 Å². The van der Waals surface area contributed by atoms with Crippen LogP contribution >= 0.6 is 0 Å². The number of carbonyl (C=O) groups excluding carboxylic acids is 1. The van der Waals surface area contributed by atoms with E-state index in [-0.39, 0.29) is 5.97 Å². The number of carbonyl (C=O) groups is 1. The minimum atomic E-state index is -0.242. The number of benzene rings is 1. The van der Waals surface area contributed by atoms with Crippen LogP contribution in [0.1, 0.15) is 126 Å². The Morgan fingerprint density at radius 3 is 2.17 bits per heavy atom. The molecule has 35 heavy (non-hydrogen) atoms. The van der Waals surface area contributed by atoms with Crippen molar-refractivity contribution in [1.82, 2.24) is 9.97 Å². The van der Waals surface area contributed by atoms with Crippen molar-refractivity contribution < 1.29 is 9.53 Å². The van der Waals surface area contributed by atoms with Gasteiger partial charge in [-0.05, 0) is 42.9 Å². The van der Waals surface area contributed by atoms with Crippen LogP contribution in [0.15, 0.2) is 36.7 Å². The lowest BCUT2D eigenvalue weighted by atomic mass is 9.99. The Bertz CT molecular complexity index is 826. The van der Waals surface area contributed by atoms with E-state index >= 15 is 0 Å². The third kappa shape index (κ3) is 10.5. The van der Waals surface area contributed by atoms with Crippen LogP contribution in [0.25, 0.3) is 11.4 Å². The molecule has 4 nitrogen and oxygen atoms in total. The normalized spacial score (nSPS) is 13.9. The summed E-state index contributed by atoms with van der Waals surface area (Å²) in [6, 6.07) is 7.44. The number of aryl methyl sites for hydroxylation is 1. The molecule has 0 unspecified atom stereocenters. The molecule has 1 fully saturated rings. The summed E-state index contributed by atoms with van der Waals surface area (Å²) in [7, 11) is 0. The highest BCUT2D eigenvalue weighted by Gasteiger charge is 2.14. The second-order valence-electron chi connectivity index (χ2n) is 10.4. The molecular weight excluding hydrogens is 432 g/mol. The molecular formula is C31H46N2O2. The lowest BCUT2D eigenvalue weighted by Gasteiger charge is -2.08. The van der Waals surface area contributed by atoms with Crippen molar-refractivity contribution in [3.05, 3.63) is 47.8 Å². The van der Waals surface area contributed by atoms with Crippen molar-refractivity contribution in [1.29, 1.82) is 0 Å². The topological polar surface area (TPSA) is 52.1 Å². The molecule has 1 aromatic carbocycles. The monoisotopic (exact) mass is 478 g/mol. The molecule has 1 aliphatic carbocycles. The Morgan fingerprint density at radius 2 is 1.46 bits per heavy atom. The smallest absolute Gasteiger partial charge is 0.338 e. The fourth-order valence-corrected chi connectivity index (χ4v) is 5.11. The average molecular weight is 479 g/mol. The molecule has 1 heterocycles. The van der Waals surface area contributed by atoms with Gasteiger partial charge in [0.2, 0.25) is 0 Å². The van der Waals surface area contributed by atoms with Crippen LogP contribution in [0, 0.1) is 5.92 Å². The molecule has 1 aliphatic rings. The van der Waals surface area contributed by atoms with Gasteiger partial charge < -0.3 is 4.74 Å². The molecule has 2 aromatic rings. The maximum absolute atomic E-state index is 12.3. The summed E-state index contributed by atoms with van der Waals surface area (Å²) in [4.78, 5) is 21.4. The molecule has 0 spiro atoms. The first-order valence-corrected chi connectivity index (χ1v) is 14.3. The zero-order valence-corrected chi connectivity index (χ0v) is 22.0. The molecule has 0 bridgehead atoms. The largest absolute Gasteiger partial charge is 0.462 e. The van der Waals surface area contributed by atoms with E-state index in [1.165, 1.54) is 95.5 Å². The van der Waals surface area contributed by atoms with E-state index in [0.29, 0.717) is 18.0 Å². The van der Waals surface area contributed by atoms with Crippen molar-refractivity contribution >= 4 is 5.97 Å². The van der Waals surface area contributed by atoms with Crippen molar-refractivity contribution in [2.24, 2.45) is 5.92 Å². The van der Waals surface area contributed by atoms with Gasteiger partial charge in [0, 0.05) is 18.0 Å². The number of hydrogen-bond acceptors (Lipinski definition) is 4. The number of ether oxygens (including phenoxy) is 1. The molecule has 0 amide bonds. The minimum Gasteiger partial charge on any atom is -0.462 e.